The number of carbonyl (C=O) groups excluding carboxylic acids is 1. The number of amides is 1. The molecule has 0 radical (unpaired) electrons. The summed E-state index contributed by atoms with van der Waals surface area (Å²) in [6, 6.07) is 7.45. The van der Waals surface area contributed by atoms with Crippen molar-refractivity contribution >= 4 is 33.5 Å². The second kappa shape index (κ2) is 6.16. The fourth-order valence-corrected chi connectivity index (χ4v) is 2.51. The standard InChI is InChI=1S/C13H14BrNO4/c14-9-3-1-2-4-10(9)15-7-8-19-11(13(15)18)5-6-12(16)17/h1-4,11H,5-8H2,(H,16,17). The first kappa shape index (κ1) is 14.0. The van der Waals surface area contributed by atoms with Gasteiger partial charge in [0, 0.05) is 17.4 Å². The Labute approximate surface area is 119 Å². The summed E-state index contributed by atoms with van der Waals surface area (Å²) in [6.45, 7) is 0.891. The Morgan fingerprint density at radius 3 is 2.89 bits per heavy atom. The van der Waals surface area contributed by atoms with Gasteiger partial charge in [-0.05, 0) is 34.5 Å². The molecular weight excluding hydrogens is 314 g/mol. The lowest BCUT2D eigenvalue weighted by Crippen LogP contribution is -2.48. The van der Waals surface area contributed by atoms with Gasteiger partial charge >= 0.3 is 5.97 Å². The molecule has 0 aromatic heterocycles. The third-order valence-electron chi connectivity index (χ3n) is 2.94. The Bertz CT molecular complexity index is 491. The summed E-state index contributed by atoms with van der Waals surface area (Å²) in [5.74, 6) is -1.10. The molecule has 1 amide bonds. The molecule has 102 valence electrons. The number of hydrogen-bond donors (Lipinski definition) is 1. The normalized spacial score (nSPS) is 19.5. The van der Waals surface area contributed by atoms with E-state index >= 15 is 0 Å². The van der Waals surface area contributed by atoms with E-state index in [2.05, 4.69) is 15.9 Å². The van der Waals surface area contributed by atoms with Crippen LogP contribution in [0.1, 0.15) is 12.8 Å². The van der Waals surface area contributed by atoms with Crippen LogP contribution in [0.15, 0.2) is 28.7 Å². The molecule has 1 aromatic rings. The van der Waals surface area contributed by atoms with Gasteiger partial charge in [0.1, 0.15) is 6.10 Å². The van der Waals surface area contributed by atoms with Crippen LogP contribution in [0.5, 0.6) is 0 Å². The summed E-state index contributed by atoms with van der Waals surface area (Å²) in [4.78, 5) is 24.5. The number of benzene rings is 1. The van der Waals surface area contributed by atoms with Crippen LogP contribution in [0.2, 0.25) is 0 Å². The minimum Gasteiger partial charge on any atom is -0.481 e. The number of aliphatic carboxylic acids is 1. The van der Waals surface area contributed by atoms with Crippen LogP contribution in [0, 0.1) is 0 Å². The maximum atomic E-state index is 12.3. The zero-order valence-corrected chi connectivity index (χ0v) is 11.8. The quantitative estimate of drug-likeness (QED) is 0.919. The second-order valence-corrected chi connectivity index (χ2v) is 5.09. The van der Waals surface area contributed by atoms with E-state index in [0.717, 1.165) is 10.2 Å². The highest BCUT2D eigenvalue weighted by Gasteiger charge is 2.31. The third-order valence-corrected chi connectivity index (χ3v) is 3.61. The van der Waals surface area contributed by atoms with E-state index in [-0.39, 0.29) is 18.7 Å². The van der Waals surface area contributed by atoms with Gasteiger partial charge in [-0.2, -0.15) is 0 Å². The Morgan fingerprint density at radius 1 is 1.47 bits per heavy atom. The van der Waals surface area contributed by atoms with Crippen molar-refractivity contribution in [2.75, 3.05) is 18.1 Å². The van der Waals surface area contributed by atoms with Crippen LogP contribution in [0.25, 0.3) is 0 Å². The lowest BCUT2D eigenvalue weighted by molar-refractivity contribution is -0.140. The lowest BCUT2D eigenvalue weighted by Gasteiger charge is -2.32. The molecule has 0 spiro atoms. The Kier molecular flexibility index (Phi) is 4.55. The number of carboxylic acid groups (broad SMARTS) is 1. The highest BCUT2D eigenvalue weighted by Crippen LogP contribution is 2.28. The molecular formula is C13H14BrNO4. The van der Waals surface area contributed by atoms with E-state index in [0.29, 0.717) is 13.2 Å². The van der Waals surface area contributed by atoms with Crippen LogP contribution in [-0.4, -0.2) is 36.2 Å². The smallest absolute Gasteiger partial charge is 0.303 e. The number of halogens is 1. The van der Waals surface area contributed by atoms with E-state index in [1.165, 1.54) is 0 Å². The molecule has 19 heavy (non-hydrogen) atoms. The van der Waals surface area contributed by atoms with Crippen LogP contribution < -0.4 is 4.90 Å². The van der Waals surface area contributed by atoms with Gasteiger partial charge in [0.15, 0.2) is 0 Å². The van der Waals surface area contributed by atoms with Gasteiger partial charge in [-0.3, -0.25) is 9.59 Å². The van der Waals surface area contributed by atoms with E-state index in [1.54, 1.807) is 4.90 Å². The van der Waals surface area contributed by atoms with Gasteiger partial charge in [-0.15, -0.1) is 0 Å². The summed E-state index contributed by atoms with van der Waals surface area (Å²) in [7, 11) is 0. The minimum absolute atomic E-state index is 0.0692. The predicted molar refractivity (Wildman–Crippen MR) is 73.1 cm³/mol. The van der Waals surface area contributed by atoms with Crippen LogP contribution in [0.3, 0.4) is 0 Å². The molecule has 1 aliphatic heterocycles. The average molecular weight is 328 g/mol. The minimum atomic E-state index is -0.922. The summed E-state index contributed by atoms with van der Waals surface area (Å²) in [5.41, 5.74) is 0.788. The first-order valence-corrected chi connectivity index (χ1v) is 6.78. The lowest BCUT2D eigenvalue weighted by atomic mass is 10.1. The largest absolute Gasteiger partial charge is 0.481 e. The summed E-state index contributed by atoms with van der Waals surface area (Å²) in [5, 5.41) is 8.67. The molecule has 5 nitrogen and oxygen atoms in total. The molecule has 0 aliphatic carbocycles. The molecule has 1 aromatic carbocycles. The van der Waals surface area contributed by atoms with Crippen LogP contribution in [0.4, 0.5) is 5.69 Å². The fourth-order valence-electron chi connectivity index (χ4n) is 2.01. The number of anilines is 1. The van der Waals surface area contributed by atoms with Gasteiger partial charge in [0.05, 0.1) is 12.3 Å². The highest BCUT2D eigenvalue weighted by molar-refractivity contribution is 9.10. The molecule has 1 saturated heterocycles. The van der Waals surface area contributed by atoms with Crippen LogP contribution >= 0.6 is 15.9 Å². The number of rotatable bonds is 4. The fraction of sp³-hybridized carbons (Fsp3) is 0.385. The molecule has 2 rings (SSSR count). The van der Waals surface area contributed by atoms with Crippen molar-refractivity contribution in [2.45, 2.75) is 18.9 Å². The molecule has 0 saturated carbocycles. The van der Waals surface area contributed by atoms with Gasteiger partial charge in [-0.25, -0.2) is 0 Å². The molecule has 0 bridgehead atoms. The van der Waals surface area contributed by atoms with Gasteiger partial charge < -0.3 is 14.7 Å². The van der Waals surface area contributed by atoms with Crippen molar-refractivity contribution in [1.29, 1.82) is 0 Å². The SMILES string of the molecule is O=C(O)CCC1OCCN(c2ccccc2Br)C1=O. The van der Waals surface area contributed by atoms with Gasteiger partial charge in [0.2, 0.25) is 0 Å². The van der Waals surface area contributed by atoms with Crippen molar-refractivity contribution in [1.82, 2.24) is 0 Å². The van der Waals surface area contributed by atoms with Gasteiger partial charge in [-0.1, -0.05) is 12.1 Å². The molecule has 1 unspecified atom stereocenters. The number of morpholine rings is 1. The maximum absolute atomic E-state index is 12.3. The first-order chi connectivity index (χ1) is 9.09. The molecule has 1 atom stereocenters. The van der Waals surface area contributed by atoms with E-state index < -0.39 is 12.1 Å². The van der Waals surface area contributed by atoms with Crippen LogP contribution in [-0.2, 0) is 14.3 Å². The van der Waals surface area contributed by atoms with Gasteiger partial charge in [0.25, 0.3) is 5.91 Å². The summed E-state index contributed by atoms with van der Waals surface area (Å²) < 4.78 is 6.20. The predicted octanol–water partition coefficient (Wildman–Crippen LogP) is 2.05. The summed E-state index contributed by atoms with van der Waals surface area (Å²) >= 11 is 3.41. The summed E-state index contributed by atoms with van der Waals surface area (Å²) in [6.07, 6.45) is -0.535. The van der Waals surface area contributed by atoms with E-state index in [4.69, 9.17) is 9.84 Å². The van der Waals surface area contributed by atoms with E-state index in [9.17, 15) is 9.59 Å². The van der Waals surface area contributed by atoms with E-state index in [1.807, 2.05) is 24.3 Å². The molecule has 6 heteroatoms. The highest BCUT2D eigenvalue weighted by atomic mass is 79.9. The maximum Gasteiger partial charge on any atom is 0.303 e. The zero-order chi connectivity index (χ0) is 13.8. The molecule has 1 fully saturated rings. The number of carboxylic acids is 1. The molecule has 1 heterocycles. The first-order valence-electron chi connectivity index (χ1n) is 5.99. The Morgan fingerprint density at radius 2 is 2.21 bits per heavy atom. The number of hydrogen-bond acceptors (Lipinski definition) is 3. The topological polar surface area (TPSA) is 66.8 Å². The molecule has 1 N–H and O–H groups in total. The van der Waals surface area contributed by atoms with Crippen molar-refractivity contribution in [3.05, 3.63) is 28.7 Å². The number of nitrogens with zero attached hydrogens (tertiary/aromatic N) is 1. The number of para-hydroxylation sites is 1. The van der Waals surface area contributed by atoms with Crippen molar-refractivity contribution in [3.63, 3.8) is 0 Å². The zero-order valence-electron chi connectivity index (χ0n) is 10.2. The number of ether oxygens (including phenoxy) is 1. The molecule has 1 aliphatic rings. The number of carbonyl (C=O) groups is 2. The Balaban J connectivity index is 2.12. The third kappa shape index (κ3) is 3.33. The monoisotopic (exact) mass is 327 g/mol. The average Bonchev–Trinajstić information content (AvgIpc) is 2.38. The van der Waals surface area contributed by atoms with Crippen molar-refractivity contribution in [2.24, 2.45) is 0 Å². The Hall–Kier alpha value is -1.40. The van der Waals surface area contributed by atoms with Crippen molar-refractivity contribution < 1.29 is 19.4 Å². The van der Waals surface area contributed by atoms with Crippen molar-refractivity contribution in [3.8, 4) is 0 Å². The second-order valence-electron chi connectivity index (χ2n) is 4.23.